The van der Waals surface area contributed by atoms with Crippen molar-refractivity contribution in [1.82, 2.24) is 0 Å². The molecule has 0 saturated carbocycles. The number of nitrogens with two attached hydrogens (primary N) is 1. The molecule has 1 aromatic carbocycles. The normalized spacial score (nSPS) is 10.4. The van der Waals surface area contributed by atoms with E-state index in [-0.39, 0.29) is 0 Å². The lowest BCUT2D eigenvalue weighted by Crippen LogP contribution is -1.84. The van der Waals surface area contributed by atoms with Gasteiger partial charge in [-0.3, -0.25) is 0 Å². The lowest BCUT2D eigenvalue weighted by atomic mass is 10.2. The highest BCUT2D eigenvalue weighted by Crippen LogP contribution is 2.37. The van der Waals surface area contributed by atoms with Gasteiger partial charge in [-0.15, -0.1) is 11.3 Å². The fraction of sp³-hybridized carbons (Fsp3) is 0. The highest BCUT2D eigenvalue weighted by atomic mass is 35.5. The smallest absolute Gasteiger partial charge is 0.0592 e. The second kappa shape index (κ2) is 3.81. The lowest BCUT2D eigenvalue weighted by molar-refractivity contribution is 1.67. The summed E-state index contributed by atoms with van der Waals surface area (Å²) in [5, 5.41) is 3.29. The highest BCUT2D eigenvalue weighted by molar-refractivity contribution is 7.14. The molecule has 1 nitrogen and oxygen atoms in total. The number of hydrogen-bond donors (Lipinski definition) is 1. The minimum Gasteiger partial charge on any atom is -0.399 e. The van der Waals surface area contributed by atoms with E-state index < -0.39 is 0 Å². The first-order valence-electron chi connectivity index (χ1n) is 3.97. The van der Waals surface area contributed by atoms with Crippen LogP contribution < -0.4 is 5.73 Å². The number of anilines is 1. The molecule has 14 heavy (non-hydrogen) atoms. The van der Waals surface area contributed by atoms with Crippen molar-refractivity contribution in [3.63, 3.8) is 0 Å². The van der Waals surface area contributed by atoms with Crippen molar-refractivity contribution >= 4 is 40.2 Å². The van der Waals surface area contributed by atoms with E-state index in [0.29, 0.717) is 10.7 Å². The molecule has 0 radical (unpaired) electrons. The van der Waals surface area contributed by atoms with Gasteiger partial charge in [0.05, 0.1) is 14.9 Å². The number of halogens is 2. The summed E-state index contributed by atoms with van der Waals surface area (Å²) in [6.45, 7) is 0. The van der Waals surface area contributed by atoms with Crippen LogP contribution in [0.1, 0.15) is 0 Å². The van der Waals surface area contributed by atoms with Crippen LogP contribution in [0.25, 0.3) is 10.4 Å². The van der Waals surface area contributed by atoms with Crippen molar-refractivity contribution < 1.29 is 0 Å². The Labute approximate surface area is 96.1 Å². The standard InChI is InChI=1S/C10H7Cl2NS/c11-8-3-4-14-10(8)7-2-1-6(13)5-9(7)12/h1-5H,13H2. The molecular weight excluding hydrogens is 237 g/mol. The van der Waals surface area contributed by atoms with Gasteiger partial charge in [0.15, 0.2) is 0 Å². The van der Waals surface area contributed by atoms with Crippen LogP contribution in [0.5, 0.6) is 0 Å². The molecule has 1 heterocycles. The number of rotatable bonds is 1. The summed E-state index contributed by atoms with van der Waals surface area (Å²) < 4.78 is 0. The van der Waals surface area contributed by atoms with Gasteiger partial charge in [-0.05, 0) is 29.6 Å². The fourth-order valence-electron chi connectivity index (χ4n) is 1.20. The molecule has 0 bridgehead atoms. The maximum Gasteiger partial charge on any atom is 0.0592 e. The van der Waals surface area contributed by atoms with Gasteiger partial charge < -0.3 is 5.73 Å². The molecule has 0 atom stereocenters. The summed E-state index contributed by atoms with van der Waals surface area (Å²) in [4.78, 5) is 0.983. The molecule has 0 aliphatic carbocycles. The van der Waals surface area contributed by atoms with Crippen molar-refractivity contribution in [2.45, 2.75) is 0 Å². The maximum absolute atomic E-state index is 6.06. The first-order valence-corrected chi connectivity index (χ1v) is 5.60. The molecule has 0 spiro atoms. The van der Waals surface area contributed by atoms with E-state index in [1.165, 1.54) is 0 Å². The summed E-state index contributed by atoms with van der Waals surface area (Å²) in [5.74, 6) is 0. The van der Waals surface area contributed by atoms with Crippen LogP contribution in [-0.2, 0) is 0 Å². The second-order valence-electron chi connectivity index (χ2n) is 2.84. The van der Waals surface area contributed by atoms with Crippen LogP contribution in [0.3, 0.4) is 0 Å². The maximum atomic E-state index is 6.06. The molecule has 2 aromatic rings. The Morgan fingerprint density at radius 1 is 1.07 bits per heavy atom. The van der Waals surface area contributed by atoms with E-state index in [1.54, 1.807) is 17.4 Å². The summed E-state index contributed by atoms with van der Waals surface area (Å²) in [6, 6.07) is 7.29. The molecule has 0 aliphatic rings. The Balaban J connectivity index is 2.58. The average Bonchev–Trinajstić information content (AvgIpc) is 2.52. The summed E-state index contributed by atoms with van der Waals surface area (Å²) in [7, 11) is 0. The van der Waals surface area contributed by atoms with Crippen molar-refractivity contribution in [3.8, 4) is 10.4 Å². The zero-order chi connectivity index (χ0) is 10.1. The monoisotopic (exact) mass is 243 g/mol. The average molecular weight is 244 g/mol. The quantitative estimate of drug-likeness (QED) is 0.743. The van der Waals surface area contributed by atoms with E-state index >= 15 is 0 Å². The van der Waals surface area contributed by atoms with Crippen LogP contribution in [0.4, 0.5) is 5.69 Å². The number of thiophene rings is 1. The van der Waals surface area contributed by atoms with Crippen molar-refractivity contribution in [2.24, 2.45) is 0 Å². The Morgan fingerprint density at radius 2 is 1.86 bits per heavy atom. The third-order valence-corrected chi connectivity index (χ3v) is 3.54. The lowest BCUT2D eigenvalue weighted by Gasteiger charge is -2.03. The Morgan fingerprint density at radius 3 is 2.43 bits per heavy atom. The number of nitrogen functional groups attached to an aromatic ring is 1. The first-order chi connectivity index (χ1) is 6.68. The Hall–Kier alpha value is -0.700. The molecule has 2 N–H and O–H groups in total. The van der Waals surface area contributed by atoms with Crippen molar-refractivity contribution in [2.75, 3.05) is 5.73 Å². The zero-order valence-corrected chi connectivity index (χ0v) is 9.46. The molecule has 2 rings (SSSR count). The van der Waals surface area contributed by atoms with E-state index in [9.17, 15) is 0 Å². The highest BCUT2D eigenvalue weighted by Gasteiger charge is 2.08. The zero-order valence-electron chi connectivity index (χ0n) is 7.13. The van der Waals surface area contributed by atoms with Crippen molar-refractivity contribution in [3.05, 3.63) is 39.7 Å². The Bertz CT molecular complexity index is 465. The van der Waals surface area contributed by atoms with E-state index in [2.05, 4.69) is 0 Å². The number of benzene rings is 1. The third-order valence-electron chi connectivity index (χ3n) is 1.85. The summed E-state index contributed by atoms with van der Waals surface area (Å²) in [6.07, 6.45) is 0. The fourth-order valence-corrected chi connectivity index (χ4v) is 2.74. The molecule has 72 valence electrons. The predicted molar refractivity (Wildman–Crippen MR) is 64.2 cm³/mol. The van der Waals surface area contributed by atoms with Gasteiger partial charge in [0.2, 0.25) is 0 Å². The summed E-state index contributed by atoms with van der Waals surface area (Å²) >= 11 is 13.6. The van der Waals surface area contributed by atoms with Gasteiger partial charge in [-0.25, -0.2) is 0 Å². The number of hydrogen-bond acceptors (Lipinski definition) is 2. The van der Waals surface area contributed by atoms with Crippen LogP contribution in [-0.4, -0.2) is 0 Å². The molecule has 0 aliphatic heterocycles. The summed E-state index contributed by atoms with van der Waals surface area (Å²) in [5.41, 5.74) is 7.20. The van der Waals surface area contributed by atoms with E-state index in [4.69, 9.17) is 28.9 Å². The van der Waals surface area contributed by atoms with Gasteiger partial charge in [-0.1, -0.05) is 23.2 Å². The minimum absolute atomic E-state index is 0.634. The SMILES string of the molecule is Nc1ccc(-c2sccc2Cl)c(Cl)c1. The van der Waals surface area contributed by atoms with Gasteiger partial charge in [0, 0.05) is 11.3 Å². The van der Waals surface area contributed by atoms with Gasteiger partial charge >= 0.3 is 0 Å². The molecule has 0 saturated heterocycles. The molecule has 0 unspecified atom stereocenters. The Kier molecular flexibility index (Phi) is 2.68. The van der Waals surface area contributed by atoms with Crippen molar-refractivity contribution in [1.29, 1.82) is 0 Å². The molecule has 0 amide bonds. The van der Waals surface area contributed by atoms with Gasteiger partial charge in [-0.2, -0.15) is 0 Å². The van der Waals surface area contributed by atoms with Crippen LogP contribution in [0.2, 0.25) is 10.0 Å². The van der Waals surface area contributed by atoms with E-state index in [0.717, 1.165) is 15.5 Å². The molecular formula is C10H7Cl2NS. The van der Waals surface area contributed by atoms with Gasteiger partial charge in [0.1, 0.15) is 0 Å². The van der Waals surface area contributed by atoms with E-state index in [1.807, 2.05) is 23.6 Å². The molecule has 0 fully saturated rings. The minimum atomic E-state index is 0.634. The molecule has 1 aromatic heterocycles. The van der Waals surface area contributed by atoms with Crippen LogP contribution >= 0.6 is 34.5 Å². The largest absolute Gasteiger partial charge is 0.399 e. The second-order valence-corrected chi connectivity index (χ2v) is 4.57. The third kappa shape index (κ3) is 1.73. The van der Waals surface area contributed by atoms with Crippen LogP contribution in [0.15, 0.2) is 29.6 Å². The molecule has 4 heteroatoms. The van der Waals surface area contributed by atoms with Gasteiger partial charge in [0.25, 0.3) is 0 Å². The topological polar surface area (TPSA) is 26.0 Å². The predicted octanol–water partition coefficient (Wildman–Crippen LogP) is 4.30. The van der Waals surface area contributed by atoms with Crippen LogP contribution in [0, 0.1) is 0 Å². The first kappa shape index (κ1) is 9.84.